The Morgan fingerprint density at radius 2 is 1.35 bits per heavy atom. The summed E-state index contributed by atoms with van der Waals surface area (Å²) < 4.78 is 29.1. The van der Waals surface area contributed by atoms with E-state index in [0.29, 0.717) is 29.2 Å². The highest BCUT2D eigenvalue weighted by atomic mass is 35.5. The van der Waals surface area contributed by atoms with Crippen molar-refractivity contribution in [2.24, 2.45) is 5.73 Å². The Balaban J connectivity index is -0.00000118. The molecule has 2 aliphatic heterocycles. The van der Waals surface area contributed by atoms with Crippen molar-refractivity contribution >= 4 is 51.7 Å². The molecule has 1 aromatic heterocycles. The molecule has 2 saturated heterocycles. The fraction of sp³-hybridized carbons (Fsp3) is 0.364. The van der Waals surface area contributed by atoms with E-state index in [9.17, 15) is 13.5 Å². The first-order valence-corrected chi connectivity index (χ1v) is 16.9. The molecule has 2 aliphatic rings. The number of nitrogens with two attached hydrogens (primary N) is 1. The van der Waals surface area contributed by atoms with Crippen molar-refractivity contribution < 1.29 is 24.7 Å². The van der Waals surface area contributed by atoms with E-state index in [2.05, 4.69) is 20.9 Å². The van der Waals surface area contributed by atoms with Crippen molar-refractivity contribution in [2.75, 3.05) is 52.6 Å². The number of anilines is 5. The fourth-order valence-corrected chi connectivity index (χ4v) is 6.95. The van der Waals surface area contributed by atoms with Gasteiger partial charge in [0, 0.05) is 38.0 Å². The predicted octanol–water partition coefficient (Wildman–Crippen LogP) is 6.10. The van der Waals surface area contributed by atoms with Crippen molar-refractivity contribution in [3.05, 3.63) is 83.9 Å². The summed E-state index contributed by atoms with van der Waals surface area (Å²) in [5, 5.41) is 14.3. The number of nitrogens with zero attached hydrogens (tertiary/aromatic N) is 6. The summed E-state index contributed by atoms with van der Waals surface area (Å²) in [7, 11) is -2.43. The Hall–Kier alpha value is -4.25. The van der Waals surface area contributed by atoms with Crippen LogP contribution in [0, 0.1) is 6.92 Å². The first kappa shape index (κ1) is 42.8. The van der Waals surface area contributed by atoms with E-state index in [1.807, 2.05) is 37.3 Å². The predicted molar refractivity (Wildman–Crippen MR) is 209 cm³/mol. The largest absolute Gasteiger partial charge is 0.506 e. The lowest BCUT2D eigenvalue weighted by Crippen LogP contribution is -2.32. The highest BCUT2D eigenvalue weighted by molar-refractivity contribution is 7.92. The molecule has 0 unspecified atom stereocenters. The molecule has 3 heterocycles. The topological polar surface area (TPSA) is 242 Å². The standard InChI is InChI=1S/C32H37N7O3S.CH5N.ClH.2H3N.H2O.4H2/c1-24-12-15-27(16-13-24)43(41,42)39(23-25-10-4-2-5-11-25)26-14-17-28(29(40)22-26)33-30-34-31(37-18-6-3-7-19-37)36-32(35-30)38-20-8-9-21-38;1-2;;;;;;;;/h2,4-5,10-17,22,40H,3,6-9,18-21,23H2,1H3,(H,33,34,35,36);2H2,1H3;1H;2*1H3;1H2;4*1H. The molecule has 0 atom stereocenters. The third-order valence-electron chi connectivity index (χ3n) is 7.93. The Labute approximate surface area is 301 Å². The van der Waals surface area contributed by atoms with Crippen LogP contribution >= 0.6 is 12.4 Å². The maximum absolute atomic E-state index is 13.9. The molecule has 49 heavy (non-hydrogen) atoms. The number of halogens is 1. The quantitative estimate of drug-likeness (QED) is 0.123. The molecule has 6 rings (SSSR count). The van der Waals surface area contributed by atoms with Crippen LogP contribution < -0.4 is 37.5 Å². The van der Waals surface area contributed by atoms with Gasteiger partial charge in [0.2, 0.25) is 17.8 Å². The number of piperidine rings is 1. The van der Waals surface area contributed by atoms with Crippen molar-refractivity contribution in [1.29, 1.82) is 0 Å². The normalized spacial score (nSPS) is 13.7. The lowest BCUT2D eigenvalue weighted by atomic mass is 10.1. The van der Waals surface area contributed by atoms with E-state index < -0.39 is 10.0 Å². The molecule has 14 nitrogen and oxygen atoms in total. The average Bonchev–Trinajstić information content (AvgIpc) is 3.62. The number of aromatic hydroxyl groups is 1. The molecule has 0 amide bonds. The second kappa shape index (κ2) is 19.7. The molecule has 0 bridgehead atoms. The van der Waals surface area contributed by atoms with E-state index >= 15 is 0 Å². The molecule has 0 radical (unpaired) electrons. The number of nitrogens with one attached hydrogen (secondary N) is 1. The molecular weight excluding hydrogens is 668 g/mol. The zero-order valence-electron chi connectivity index (χ0n) is 28.3. The van der Waals surface area contributed by atoms with Crippen LogP contribution in [-0.4, -0.2) is 67.2 Å². The van der Waals surface area contributed by atoms with Crippen LogP contribution in [0.4, 0.5) is 29.2 Å². The number of aromatic nitrogens is 3. The Morgan fingerprint density at radius 3 is 1.88 bits per heavy atom. The summed E-state index contributed by atoms with van der Waals surface area (Å²) in [5.41, 5.74) is 7.01. The molecule has 0 aliphatic carbocycles. The highest BCUT2D eigenvalue weighted by Gasteiger charge is 2.27. The van der Waals surface area contributed by atoms with Crippen LogP contribution in [0.2, 0.25) is 0 Å². The summed E-state index contributed by atoms with van der Waals surface area (Å²) >= 11 is 0. The van der Waals surface area contributed by atoms with E-state index in [1.54, 1.807) is 36.4 Å². The first-order chi connectivity index (χ1) is 21.9. The first-order valence-electron chi connectivity index (χ1n) is 15.4. The molecule has 278 valence electrons. The summed E-state index contributed by atoms with van der Waals surface area (Å²) in [6.45, 7) is 5.61. The smallest absolute Gasteiger partial charge is 0.264 e. The molecule has 12 N–H and O–H groups in total. The molecule has 3 aromatic carbocycles. The molecule has 16 heteroatoms. The van der Waals surface area contributed by atoms with Gasteiger partial charge >= 0.3 is 0 Å². The zero-order chi connectivity index (χ0) is 31.8. The number of hydrogen-bond donors (Lipinski definition) is 5. The minimum atomic E-state index is -3.93. The molecule has 4 aromatic rings. The third-order valence-corrected chi connectivity index (χ3v) is 9.72. The van der Waals surface area contributed by atoms with Crippen molar-refractivity contribution in [3.63, 3.8) is 0 Å². The van der Waals surface area contributed by atoms with Gasteiger partial charge in [-0.15, -0.1) is 12.4 Å². The van der Waals surface area contributed by atoms with E-state index in [4.69, 9.17) is 15.0 Å². The molecule has 2 fully saturated rings. The average molecular weight is 727 g/mol. The number of aryl methyl sites for hydroxylation is 1. The number of sulfonamides is 1. The van der Waals surface area contributed by atoms with Gasteiger partial charge in [-0.3, -0.25) is 4.31 Å². The van der Waals surface area contributed by atoms with Gasteiger partial charge < -0.3 is 43.7 Å². The minimum absolute atomic E-state index is 0. The Bertz CT molecular complexity index is 1690. The number of phenolic OH excluding ortho intramolecular Hbond substituents is 1. The lowest BCUT2D eigenvalue weighted by Gasteiger charge is -2.28. The second-order valence-corrected chi connectivity index (χ2v) is 13.0. The van der Waals surface area contributed by atoms with Gasteiger partial charge in [0.05, 0.1) is 22.8 Å². The van der Waals surface area contributed by atoms with Crippen LogP contribution in [0.1, 0.15) is 48.9 Å². The van der Waals surface area contributed by atoms with E-state index in [0.717, 1.165) is 63.0 Å². The monoisotopic (exact) mass is 726 g/mol. The van der Waals surface area contributed by atoms with Crippen LogP contribution in [-0.2, 0) is 16.6 Å². The van der Waals surface area contributed by atoms with Crippen molar-refractivity contribution in [1.82, 2.24) is 27.3 Å². The SMILES string of the molecule is CN.Cc1ccc(S(=O)(=O)N(Cc2ccccc2)c2ccc(Nc3nc(N4CCCCC4)nc(N4CCCC4)n3)c(O)c2)cc1.Cl.N.N.O.[HH].[HH].[HH].[HH]. The summed E-state index contributed by atoms with van der Waals surface area (Å²) in [6, 6.07) is 21.0. The zero-order valence-corrected chi connectivity index (χ0v) is 29.9. The molecule has 0 saturated carbocycles. The number of phenols is 1. The van der Waals surface area contributed by atoms with Crippen LogP contribution in [0.25, 0.3) is 0 Å². The lowest BCUT2D eigenvalue weighted by molar-refractivity contribution is 0.477. The van der Waals surface area contributed by atoms with Gasteiger partial charge in [-0.2, -0.15) is 15.0 Å². The highest BCUT2D eigenvalue weighted by Crippen LogP contribution is 2.34. The number of benzene rings is 3. The van der Waals surface area contributed by atoms with Crippen molar-refractivity contribution in [3.8, 4) is 5.75 Å². The van der Waals surface area contributed by atoms with Crippen molar-refractivity contribution in [2.45, 2.75) is 50.5 Å². The van der Waals surface area contributed by atoms with Crippen LogP contribution in [0.3, 0.4) is 0 Å². The third kappa shape index (κ3) is 10.4. The summed E-state index contributed by atoms with van der Waals surface area (Å²) in [5.74, 6) is 1.49. The maximum Gasteiger partial charge on any atom is 0.264 e. The van der Waals surface area contributed by atoms with Gasteiger partial charge in [0.25, 0.3) is 10.0 Å². The summed E-state index contributed by atoms with van der Waals surface area (Å²) in [4.78, 5) is 18.7. The number of rotatable bonds is 9. The van der Waals surface area contributed by atoms with Gasteiger partial charge in [0.15, 0.2) is 0 Å². The van der Waals surface area contributed by atoms with Crippen LogP contribution in [0.15, 0.2) is 77.7 Å². The minimum Gasteiger partial charge on any atom is -0.506 e. The Kier molecular flexibility index (Phi) is 17.2. The van der Waals surface area contributed by atoms with Gasteiger partial charge in [0.1, 0.15) is 5.75 Å². The fourth-order valence-electron chi connectivity index (χ4n) is 5.51. The van der Waals surface area contributed by atoms with Gasteiger partial charge in [-0.1, -0.05) is 48.0 Å². The van der Waals surface area contributed by atoms with E-state index in [-0.39, 0.29) is 53.1 Å². The molecule has 0 spiro atoms. The van der Waals surface area contributed by atoms with Gasteiger partial charge in [-0.05, 0) is 75.9 Å². The maximum atomic E-state index is 13.9. The van der Waals surface area contributed by atoms with Crippen LogP contribution in [0.5, 0.6) is 5.75 Å². The van der Waals surface area contributed by atoms with Gasteiger partial charge in [-0.25, -0.2) is 8.42 Å². The Morgan fingerprint density at radius 1 is 0.816 bits per heavy atom. The molecular formula is C33H59ClN10O4S. The van der Waals surface area contributed by atoms with E-state index in [1.165, 1.54) is 23.8 Å². The summed E-state index contributed by atoms with van der Waals surface area (Å²) in [6.07, 6.45) is 5.59. The second-order valence-electron chi connectivity index (χ2n) is 11.1. The number of hydrogen-bond acceptors (Lipinski definition) is 12.